The summed E-state index contributed by atoms with van der Waals surface area (Å²) in [6.45, 7) is 23.0. The standard InChI is InChI=1S/C28H44O7/c1-7-13-16-27(17-14-8-2,18-15-9-3)20-32-21-28(19-26(29)35-12-6,22-33-24-30-10-4)23-34-25-31-11-5/h7-12H,1-6,13-25H2. The van der Waals surface area contributed by atoms with Gasteiger partial charge in [0.1, 0.15) is 0 Å². The number of rotatable bonds is 26. The molecule has 0 spiro atoms. The minimum absolute atomic E-state index is 0.0137. The van der Waals surface area contributed by atoms with Gasteiger partial charge in [0.25, 0.3) is 0 Å². The Labute approximate surface area is 211 Å². The van der Waals surface area contributed by atoms with Crippen LogP contribution in [0, 0.1) is 10.8 Å². The second kappa shape index (κ2) is 20.7. The molecule has 0 unspecified atom stereocenters. The molecule has 0 amide bonds. The maximum Gasteiger partial charge on any atom is 0.311 e. The van der Waals surface area contributed by atoms with Gasteiger partial charge < -0.3 is 28.4 Å². The molecule has 0 aromatic carbocycles. The van der Waals surface area contributed by atoms with Crippen LogP contribution >= 0.6 is 0 Å². The first-order valence-electron chi connectivity index (χ1n) is 11.8. The number of carbonyl (C=O) groups excluding carboxylic acids is 1. The topological polar surface area (TPSA) is 72.5 Å². The molecule has 0 aliphatic rings. The Morgan fingerprint density at radius 3 is 1.43 bits per heavy atom. The van der Waals surface area contributed by atoms with E-state index in [2.05, 4.69) is 39.5 Å². The molecule has 0 bridgehead atoms. The summed E-state index contributed by atoms with van der Waals surface area (Å²) in [6, 6.07) is 0. The van der Waals surface area contributed by atoms with Crippen molar-refractivity contribution in [2.24, 2.45) is 10.8 Å². The highest BCUT2D eigenvalue weighted by Gasteiger charge is 2.37. The maximum atomic E-state index is 12.4. The summed E-state index contributed by atoms with van der Waals surface area (Å²) >= 11 is 0. The zero-order valence-corrected chi connectivity index (χ0v) is 21.3. The highest BCUT2D eigenvalue weighted by atomic mass is 16.7. The number of hydrogen-bond donors (Lipinski definition) is 0. The summed E-state index contributed by atoms with van der Waals surface area (Å²) in [6.07, 6.45) is 14.8. The molecular weight excluding hydrogens is 448 g/mol. The van der Waals surface area contributed by atoms with Crippen LogP contribution in [0.1, 0.15) is 44.9 Å². The van der Waals surface area contributed by atoms with Crippen LogP contribution in [0.5, 0.6) is 0 Å². The lowest BCUT2D eigenvalue weighted by atomic mass is 9.75. The third-order valence-electron chi connectivity index (χ3n) is 5.54. The van der Waals surface area contributed by atoms with E-state index in [9.17, 15) is 4.79 Å². The molecule has 0 N–H and O–H groups in total. The van der Waals surface area contributed by atoms with Crippen molar-refractivity contribution < 1.29 is 33.2 Å². The lowest BCUT2D eigenvalue weighted by molar-refractivity contribution is -0.156. The Morgan fingerprint density at radius 1 is 0.600 bits per heavy atom. The molecule has 0 rings (SSSR count). The van der Waals surface area contributed by atoms with Crippen molar-refractivity contribution in [1.82, 2.24) is 0 Å². The Morgan fingerprint density at radius 2 is 1.03 bits per heavy atom. The average molecular weight is 493 g/mol. The van der Waals surface area contributed by atoms with E-state index < -0.39 is 11.4 Å². The van der Waals surface area contributed by atoms with Crippen LogP contribution in [-0.4, -0.2) is 46.0 Å². The predicted octanol–water partition coefficient (Wildman–Crippen LogP) is 6.22. The molecule has 7 nitrogen and oxygen atoms in total. The van der Waals surface area contributed by atoms with Gasteiger partial charge in [-0.05, 0) is 43.9 Å². The Hall–Kier alpha value is -2.61. The van der Waals surface area contributed by atoms with Crippen molar-refractivity contribution in [3.8, 4) is 0 Å². The van der Waals surface area contributed by atoms with Crippen molar-refractivity contribution in [3.63, 3.8) is 0 Å². The highest BCUT2D eigenvalue weighted by Crippen LogP contribution is 2.37. The van der Waals surface area contributed by atoms with E-state index in [1.165, 1.54) is 12.5 Å². The molecule has 0 heterocycles. The molecule has 0 aromatic heterocycles. The molecule has 0 saturated carbocycles. The molecule has 0 radical (unpaired) electrons. The summed E-state index contributed by atoms with van der Waals surface area (Å²) < 4.78 is 32.8. The summed E-state index contributed by atoms with van der Waals surface area (Å²) in [5.74, 6) is -0.471. The van der Waals surface area contributed by atoms with E-state index in [1.807, 2.05) is 18.2 Å². The first-order valence-corrected chi connectivity index (χ1v) is 11.8. The molecule has 35 heavy (non-hydrogen) atoms. The largest absolute Gasteiger partial charge is 0.476 e. The first kappa shape index (κ1) is 32.4. The van der Waals surface area contributed by atoms with Crippen LogP contribution in [0.4, 0.5) is 0 Å². The van der Waals surface area contributed by atoms with Crippen LogP contribution in [0.25, 0.3) is 0 Å². The smallest absolute Gasteiger partial charge is 0.311 e. The zero-order valence-electron chi connectivity index (χ0n) is 21.3. The van der Waals surface area contributed by atoms with Gasteiger partial charge in [0.05, 0.1) is 57.0 Å². The van der Waals surface area contributed by atoms with Crippen molar-refractivity contribution >= 4 is 5.97 Å². The summed E-state index contributed by atoms with van der Waals surface area (Å²) in [7, 11) is 0. The summed E-state index contributed by atoms with van der Waals surface area (Å²) in [5, 5.41) is 0. The van der Waals surface area contributed by atoms with E-state index in [1.54, 1.807) is 0 Å². The molecule has 0 aromatic rings. The van der Waals surface area contributed by atoms with Gasteiger partial charge in [-0.1, -0.05) is 38.0 Å². The lowest BCUT2D eigenvalue weighted by Gasteiger charge is -2.37. The van der Waals surface area contributed by atoms with Gasteiger partial charge in [-0.25, -0.2) is 0 Å². The van der Waals surface area contributed by atoms with Crippen molar-refractivity contribution in [3.05, 3.63) is 76.5 Å². The molecule has 0 atom stereocenters. The first-order chi connectivity index (χ1) is 17.0. The zero-order chi connectivity index (χ0) is 26.3. The Bertz CT molecular complexity index is 594. The van der Waals surface area contributed by atoms with Gasteiger partial charge in [0.2, 0.25) is 0 Å². The predicted molar refractivity (Wildman–Crippen MR) is 139 cm³/mol. The Kier molecular flexibility index (Phi) is 19.2. The molecule has 0 saturated heterocycles. The molecule has 0 fully saturated rings. The third kappa shape index (κ3) is 15.1. The number of allylic oxidation sites excluding steroid dienone is 3. The van der Waals surface area contributed by atoms with Crippen LogP contribution in [0.15, 0.2) is 76.5 Å². The third-order valence-corrected chi connectivity index (χ3v) is 5.54. The van der Waals surface area contributed by atoms with Crippen LogP contribution < -0.4 is 0 Å². The molecule has 7 heteroatoms. The van der Waals surface area contributed by atoms with Gasteiger partial charge in [-0.2, -0.15) is 0 Å². The summed E-state index contributed by atoms with van der Waals surface area (Å²) in [5.41, 5.74) is -0.931. The van der Waals surface area contributed by atoms with E-state index in [0.29, 0.717) is 6.61 Å². The van der Waals surface area contributed by atoms with E-state index in [-0.39, 0.29) is 45.2 Å². The average Bonchev–Trinajstić information content (AvgIpc) is 2.85. The van der Waals surface area contributed by atoms with Gasteiger partial charge in [0.15, 0.2) is 13.6 Å². The number of ether oxygens (including phenoxy) is 6. The van der Waals surface area contributed by atoms with Crippen molar-refractivity contribution in [2.45, 2.75) is 44.9 Å². The minimum atomic E-state index is -0.851. The van der Waals surface area contributed by atoms with Gasteiger partial charge >= 0.3 is 5.97 Å². The highest BCUT2D eigenvalue weighted by molar-refractivity contribution is 5.71. The van der Waals surface area contributed by atoms with E-state index >= 15 is 0 Å². The second-order valence-electron chi connectivity index (χ2n) is 8.41. The SMILES string of the molecule is C=CCCC(CCC=C)(CCC=C)COCC(COCOC=C)(COCOC=C)CC(=O)OC=C. The van der Waals surface area contributed by atoms with Crippen molar-refractivity contribution in [2.75, 3.05) is 40.0 Å². The minimum Gasteiger partial charge on any atom is -0.476 e. The van der Waals surface area contributed by atoms with Crippen LogP contribution in [-0.2, 0) is 33.2 Å². The fraction of sp³-hybridized carbons (Fsp3) is 0.536. The molecular formula is C28H44O7. The van der Waals surface area contributed by atoms with E-state index in [4.69, 9.17) is 28.4 Å². The number of carbonyl (C=O) groups is 1. The molecule has 198 valence electrons. The summed E-state index contributed by atoms with van der Waals surface area (Å²) in [4.78, 5) is 12.4. The normalized spacial score (nSPS) is 11.2. The van der Waals surface area contributed by atoms with Crippen LogP contribution in [0.2, 0.25) is 0 Å². The van der Waals surface area contributed by atoms with Gasteiger partial charge in [0, 0.05) is 0 Å². The number of esters is 1. The lowest BCUT2D eigenvalue weighted by Crippen LogP contribution is -2.41. The Balaban J connectivity index is 5.70. The number of hydrogen-bond acceptors (Lipinski definition) is 7. The monoisotopic (exact) mass is 492 g/mol. The fourth-order valence-electron chi connectivity index (χ4n) is 3.73. The van der Waals surface area contributed by atoms with Gasteiger partial charge in [-0.3, -0.25) is 4.79 Å². The molecule has 0 aliphatic carbocycles. The molecule has 0 aliphatic heterocycles. The maximum absolute atomic E-state index is 12.4. The van der Waals surface area contributed by atoms with E-state index in [0.717, 1.165) is 44.8 Å². The quantitative estimate of drug-likeness (QED) is 0.0467. The van der Waals surface area contributed by atoms with Gasteiger partial charge in [-0.15, -0.1) is 19.7 Å². The van der Waals surface area contributed by atoms with Crippen LogP contribution in [0.3, 0.4) is 0 Å². The fourth-order valence-corrected chi connectivity index (χ4v) is 3.73. The second-order valence-corrected chi connectivity index (χ2v) is 8.41. The van der Waals surface area contributed by atoms with Crippen molar-refractivity contribution in [1.29, 1.82) is 0 Å².